The van der Waals surface area contributed by atoms with Crippen LogP contribution in [0.15, 0.2) is 24.3 Å². The Balaban J connectivity index is 3.89. The SMILES string of the molecule is CCCCCCCCCC/C=C/CC/C=C/CCCC(O)C(O)C(CO)NC(=O)C(O)CCCCCCCCCCCC. The molecule has 0 saturated carbocycles. The van der Waals surface area contributed by atoms with Gasteiger partial charge < -0.3 is 25.7 Å². The second-order valence-corrected chi connectivity index (χ2v) is 12.6. The third kappa shape index (κ3) is 26.9. The Morgan fingerprint density at radius 1 is 0.558 bits per heavy atom. The number of rotatable bonds is 32. The van der Waals surface area contributed by atoms with E-state index in [-0.39, 0.29) is 0 Å². The molecule has 0 bridgehead atoms. The number of carbonyl (C=O) groups excluding carboxylic acids is 1. The number of unbranched alkanes of at least 4 members (excludes halogenated alkanes) is 19. The number of hydrogen-bond donors (Lipinski definition) is 5. The molecule has 1 amide bonds. The van der Waals surface area contributed by atoms with Crippen molar-refractivity contribution in [3.05, 3.63) is 24.3 Å². The molecule has 0 aromatic rings. The van der Waals surface area contributed by atoms with Crippen molar-refractivity contribution in [2.24, 2.45) is 0 Å². The predicted molar refractivity (Wildman–Crippen MR) is 182 cm³/mol. The average molecular weight is 610 g/mol. The lowest BCUT2D eigenvalue weighted by atomic mass is 10.00. The van der Waals surface area contributed by atoms with Crippen molar-refractivity contribution in [2.75, 3.05) is 6.61 Å². The van der Waals surface area contributed by atoms with Crippen LogP contribution in [0.5, 0.6) is 0 Å². The van der Waals surface area contributed by atoms with Crippen molar-refractivity contribution in [2.45, 2.75) is 199 Å². The minimum absolute atomic E-state index is 0.362. The van der Waals surface area contributed by atoms with Gasteiger partial charge in [-0.05, 0) is 51.4 Å². The molecule has 5 N–H and O–H groups in total. The van der Waals surface area contributed by atoms with Crippen molar-refractivity contribution >= 4 is 5.91 Å². The maximum atomic E-state index is 12.4. The highest BCUT2D eigenvalue weighted by molar-refractivity contribution is 5.80. The molecule has 0 aromatic carbocycles. The Morgan fingerprint density at radius 3 is 1.47 bits per heavy atom. The van der Waals surface area contributed by atoms with Gasteiger partial charge in [0.2, 0.25) is 5.91 Å². The van der Waals surface area contributed by atoms with Crippen LogP contribution >= 0.6 is 0 Å². The first-order valence-corrected chi connectivity index (χ1v) is 18.2. The number of aliphatic hydroxyl groups excluding tert-OH is 4. The van der Waals surface area contributed by atoms with Gasteiger partial charge in [-0.3, -0.25) is 4.79 Å². The Morgan fingerprint density at radius 2 is 0.977 bits per heavy atom. The summed E-state index contributed by atoms with van der Waals surface area (Å²) in [5, 5.41) is 43.3. The van der Waals surface area contributed by atoms with Gasteiger partial charge >= 0.3 is 0 Å². The fourth-order valence-corrected chi connectivity index (χ4v) is 5.42. The van der Waals surface area contributed by atoms with E-state index < -0.39 is 36.9 Å². The summed E-state index contributed by atoms with van der Waals surface area (Å²) in [5.41, 5.74) is 0. The Bertz CT molecular complexity index is 653. The maximum absolute atomic E-state index is 12.4. The number of hydrogen-bond acceptors (Lipinski definition) is 5. The molecule has 0 rings (SSSR count). The molecule has 0 fully saturated rings. The molecular weight excluding hydrogens is 538 g/mol. The standard InChI is InChI=1S/C37H71NO5/c1-3-5-7-9-11-13-15-16-17-18-19-20-21-23-24-26-28-30-34(40)36(42)33(32-39)38-37(43)35(41)31-29-27-25-22-14-12-10-8-6-4-2/h18-19,23-24,33-36,39-42H,3-17,20-22,25-32H2,1-2H3,(H,38,43)/b19-18+,24-23+. The van der Waals surface area contributed by atoms with Gasteiger partial charge in [0.25, 0.3) is 0 Å². The maximum Gasteiger partial charge on any atom is 0.249 e. The fourth-order valence-electron chi connectivity index (χ4n) is 5.42. The minimum atomic E-state index is -1.28. The van der Waals surface area contributed by atoms with Crippen LogP contribution in [-0.4, -0.2) is 57.3 Å². The highest BCUT2D eigenvalue weighted by atomic mass is 16.3. The summed E-state index contributed by atoms with van der Waals surface area (Å²) in [5.74, 6) is -0.601. The van der Waals surface area contributed by atoms with Gasteiger partial charge in [-0.15, -0.1) is 0 Å². The third-order valence-corrected chi connectivity index (χ3v) is 8.39. The van der Waals surface area contributed by atoms with E-state index in [0.717, 1.165) is 38.5 Å². The van der Waals surface area contributed by atoms with E-state index in [9.17, 15) is 25.2 Å². The molecule has 0 radical (unpaired) electrons. The monoisotopic (exact) mass is 610 g/mol. The van der Waals surface area contributed by atoms with Crippen LogP contribution in [0.3, 0.4) is 0 Å². The molecule has 0 spiro atoms. The van der Waals surface area contributed by atoms with E-state index in [4.69, 9.17) is 0 Å². The zero-order valence-electron chi connectivity index (χ0n) is 28.2. The first-order valence-electron chi connectivity index (χ1n) is 18.2. The summed E-state index contributed by atoms with van der Waals surface area (Å²) in [6.45, 7) is 3.99. The third-order valence-electron chi connectivity index (χ3n) is 8.39. The number of carbonyl (C=O) groups is 1. The summed E-state index contributed by atoms with van der Waals surface area (Å²) in [6, 6.07) is -1.00. The number of nitrogens with one attached hydrogen (secondary N) is 1. The van der Waals surface area contributed by atoms with Crippen LogP contribution in [-0.2, 0) is 4.79 Å². The molecule has 4 atom stereocenters. The van der Waals surface area contributed by atoms with Crippen molar-refractivity contribution in [1.82, 2.24) is 5.32 Å². The highest BCUT2D eigenvalue weighted by Crippen LogP contribution is 2.14. The Kier molecular flexibility index (Phi) is 31.3. The summed E-state index contributed by atoms with van der Waals surface area (Å²) in [4.78, 5) is 12.4. The second kappa shape index (κ2) is 32.2. The van der Waals surface area contributed by atoms with Crippen molar-refractivity contribution in [1.29, 1.82) is 0 Å². The lowest BCUT2D eigenvalue weighted by molar-refractivity contribution is -0.132. The van der Waals surface area contributed by atoms with Gasteiger partial charge in [0.1, 0.15) is 12.2 Å². The topological polar surface area (TPSA) is 110 Å². The molecular formula is C37H71NO5. The highest BCUT2D eigenvalue weighted by Gasteiger charge is 2.28. The minimum Gasteiger partial charge on any atom is -0.394 e. The largest absolute Gasteiger partial charge is 0.394 e. The van der Waals surface area contributed by atoms with Gasteiger partial charge in [0, 0.05) is 0 Å². The number of aliphatic hydroxyl groups is 4. The van der Waals surface area contributed by atoms with E-state index in [1.165, 1.54) is 103 Å². The van der Waals surface area contributed by atoms with Crippen LogP contribution < -0.4 is 5.32 Å². The van der Waals surface area contributed by atoms with E-state index in [2.05, 4.69) is 43.5 Å². The van der Waals surface area contributed by atoms with Gasteiger partial charge in [-0.25, -0.2) is 0 Å². The zero-order chi connectivity index (χ0) is 31.8. The fraction of sp³-hybridized carbons (Fsp3) is 0.865. The van der Waals surface area contributed by atoms with Gasteiger partial charge in [-0.1, -0.05) is 147 Å². The van der Waals surface area contributed by atoms with Crippen LogP contribution in [0.4, 0.5) is 0 Å². The molecule has 6 heteroatoms. The van der Waals surface area contributed by atoms with Crippen molar-refractivity contribution in [3.8, 4) is 0 Å². The number of allylic oxidation sites excluding steroid dienone is 4. The van der Waals surface area contributed by atoms with Crippen LogP contribution in [0.1, 0.15) is 174 Å². The Hall–Kier alpha value is -1.21. The Labute approximate surface area is 265 Å². The molecule has 0 aromatic heterocycles. The van der Waals surface area contributed by atoms with Crippen LogP contribution in [0, 0.1) is 0 Å². The quantitative estimate of drug-likeness (QED) is 0.0388. The van der Waals surface area contributed by atoms with Gasteiger partial charge in [0.15, 0.2) is 0 Å². The molecule has 43 heavy (non-hydrogen) atoms. The summed E-state index contributed by atoms with van der Waals surface area (Å²) in [7, 11) is 0. The van der Waals surface area contributed by atoms with Crippen LogP contribution in [0.25, 0.3) is 0 Å². The molecule has 0 heterocycles. The second-order valence-electron chi connectivity index (χ2n) is 12.6. The molecule has 4 unspecified atom stereocenters. The van der Waals surface area contributed by atoms with Crippen LogP contribution in [0.2, 0.25) is 0 Å². The van der Waals surface area contributed by atoms with Gasteiger partial charge in [0.05, 0.1) is 18.8 Å². The number of amides is 1. The average Bonchev–Trinajstić information content (AvgIpc) is 3.01. The molecule has 0 aliphatic heterocycles. The first-order chi connectivity index (χ1) is 21.0. The zero-order valence-corrected chi connectivity index (χ0v) is 28.2. The van der Waals surface area contributed by atoms with E-state index in [1.54, 1.807) is 0 Å². The molecule has 0 aliphatic carbocycles. The summed E-state index contributed by atoms with van der Waals surface area (Å²) in [6.07, 6.45) is 33.4. The van der Waals surface area contributed by atoms with Crippen molar-refractivity contribution in [3.63, 3.8) is 0 Å². The van der Waals surface area contributed by atoms with E-state index >= 15 is 0 Å². The van der Waals surface area contributed by atoms with Crippen molar-refractivity contribution < 1.29 is 25.2 Å². The summed E-state index contributed by atoms with van der Waals surface area (Å²) >= 11 is 0. The molecule has 254 valence electrons. The lowest BCUT2D eigenvalue weighted by Gasteiger charge is -2.27. The van der Waals surface area contributed by atoms with E-state index in [0.29, 0.717) is 19.3 Å². The molecule has 6 nitrogen and oxygen atoms in total. The first kappa shape index (κ1) is 41.8. The van der Waals surface area contributed by atoms with Gasteiger partial charge in [-0.2, -0.15) is 0 Å². The normalized spacial score (nSPS) is 14.8. The smallest absolute Gasteiger partial charge is 0.249 e. The summed E-state index contributed by atoms with van der Waals surface area (Å²) < 4.78 is 0. The van der Waals surface area contributed by atoms with E-state index in [1.807, 2.05) is 0 Å². The lowest BCUT2D eigenvalue weighted by Crippen LogP contribution is -2.53. The predicted octanol–water partition coefficient (Wildman–Crippen LogP) is 8.45. The molecule has 0 aliphatic rings. The molecule has 0 saturated heterocycles.